The first-order valence-electron chi connectivity index (χ1n) is 6.12. The first kappa shape index (κ1) is 12.1. The van der Waals surface area contributed by atoms with Gasteiger partial charge in [-0.1, -0.05) is 6.07 Å². The molecule has 0 saturated heterocycles. The molecule has 0 amide bonds. The molecule has 2 aromatic carbocycles. The van der Waals surface area contributed by atoms with Crippen LogP contribution in [0.4, 0.5) is 11.4 Å². The molecule has 0 fully saturated rings. The summed E-state index contributed by atoms with van der Waals surface area (Å²) in [6.45, 7) is 0.593. The molecule has 0 bridgehead atoms. The van der Waals surface area contributed by atoms with Crippen LogP contribution in [-0.2, 0) is 6.54 Å². The summed E-state index contributed by atoms with van der Waals surface area (Å²) < 4.78 is 5.26. The van der Waals surface area contributed by atoms with Crippen LogP contribution in [0.3, 0.4) is 0 Å². The van der Waals surface area contributed by atoms with Crippen LogP contribution in [0.1, 0.15) is 11.1 Å². The van der Waals surface area contributed by atoms with E-state index >= 15 is 0 Å². The van der Waals surface area contributed by atoms with Gasteiger partial charge in [0.25, 0.3) is 0 Å². The minimum atomic E-state index is 0.576. The molecule has 5 nitrogen and oxygen atoms in total. The maximum atomic E-state index is 8.89. The Bertz CT molecular complexity index is 801. The predicted molar refractivity (Wildman–Crippen MR) is 76.9 cm³/mol. The highest BCUT2D eigenvalue weighted by molar-refractivity contribution is 5.73. The van der Waals surface area contributed by atoms with Gasteiger partial charge < -0.3 is 15.5 Å². The lowest BCUT2D eigenvalue weighted by Gasteiger charge is -2.09. The number of nitrogen functional groups attached to an aromatic ring is 1. The Morgan fingerprint density at radius 2 is 2.15 bits per heavy atom. The Labute approximate surface area is 115 Å². The van der Waals surface area contributed by atoms with Gasteiger partial charge in [0.05, 0.1) is 23.0 Å². The van der Waals surface area contributed by atoms with E-state index in [0.717, 1.165) is 22.4 Å². The number of anilines is 2. The van der Waals surface area contributed by atoms with Crippen LogP contribution < -0.4 is 11.1 Å². The molecule has 3 aromatic rings. The number of aromatic nitrogens is 1. The van der Waals surface area contributed by atoms with Crippen molar-refractivity contribution in [3.8, 4) is 6.07 Å². The molecule has 0 unspecified atom stereocenters. The minimum absolute atomic E-state index is 0.576. The number of fused-ring (bicyclic) bond motifs is 1. The quantitative estimate of drug-likeness (QED) is 0.710. The average molecular weight is 264 g/mol. The molecule has 1 aromatic heterocycles. The van der Waals surface area contributed by atoms with Crippen molar-refractivity contribution in [2.24, 2.45) is 0 Å². The number of oxazole rings is 1. The topological polar surface area (TPSA) is 87.9 Å². The normalized spacial score (nSPS) is 10.3. The Morgan fingerprint density at radius 3 is 3.00 bits per heavy atom. The number of nitrogens with zero attached hydrogens (tertiary/aromatic N) is 2. The van der Waals surface area contributed by atoms with E-state index < -0.39 is 0 Å². The van der Waals surface area contributed by atoms with E-state index in [9.17, 15) is 0 Å². The second kappa shape index (κ2) is 4.94. The van der Waals surface area contributed by atoms with Crippen molar-refractivity contribution in [1.29, 1.82) is 5.26 Å². The molecule has 1 heterocycles. The summed E-state index contributed by atoms with van der Waals surface area (Å²) in [6.07, 6.45) is 1.43. The van der Waals surface area contributed by atoms with Crippen LogP contribution in [0.5, 0.6) is 0 Å². The van der Waals surface area contributed by atoms with Gasteiger partial charge in [0, 0.05) is 6.54 Å². The standard InChI is InChI=1S/C15H12N4O/c16-7-10-1-3-12(17)14(5-10)18-8-11-2-4-13-15(6-11)20-9-19-13/h1-6,9,18H,8,17H2. The zero-order chi connectivity index (χ0) is 13.9. The van der Waals surface area contributed by atoms with Crippen LogP contribution in [0.25, 0.3) is 11.1 Å². The van der Waals surface area contributed by atoms with Crippen LogP contribution in [0.2, 0.25) is 0 Å². The van der Waals surface area contributed by atoms with Gasteiger partial charge in [-0.05, 0) is 35.9 Å². The van der Waals surface area contributed by atoms with Crippen LogP contribution in [-0.4, -0.2) is 4.98 Å². The van der Waals surface area contributed by atoms with Gasteiger partial charge in [0.1, 0.15) is 5.52 Å². The van der Waals surface area contributed by atoms with Gasteiger partial charge in [-0.2, -0.15) is 5.26 Å². The van der Waals surface area contributed by atoms with Crippen molar-refractivity contribution in [2.45, 2.75) is 6.54 Å². The molecule has 0 atom stereocenters. The molecule has 5 heteroatoms. The smallest absolute Gasteiger partial charge is 0.181 e. The summed E-state index contributed by atoms with van der Waals surface area (Å²) in [5.41, 5.74) is 10.5. The van der Waals surface area contributed by atoms with Crippen molar-refractivity contribution in [2.75, 3.05) is 11.1 Å². The highest BCUT2D eigenvalue weighted by Gasteiger charge is 2.03. The van der Waals surface area contributed by atoms with Gasteiger partial charge in [0.2, 0.25) is 0 Å². The van der Waals surface area contributed by atoms with E-state index in [4.69, 9.17) is 15.4 Å². The Hall–Kier alpha value is -3.00. The second-order valence-electron chi connectivity index (χ2n) is 4.42. The molecule has 98 valence electrons. The zero-order valence-corrected chi connectivity index (χ0v) is 10.6. The predicted octanol–water partition coefficient (Wildman–Crippen LogP) is 2.89. The lowest BCUT2D eigenvalue weighted by atomic mass is 10.1. The third-order valence-corrected chi connectivity index (χ3v) is 3.06. The van der Waals surface area contributed by atoms with Crippen molar-refractivity contribution >= 4 is 22.5 Å². The van der Waals surface area contributed by atoms with Crippen LogP contribution in [0, 0.1) is 11.3 Å². The van der Waals surface area contributed by atoms with Gasteiger partial charge in [-0.15, -0.1) is 0 Å². The summed E-state index contributed by atoms with van der Waals surface area (Å²) in [5.74, 6) is 0. The molecule has 0 radical (unpaired) electrons. The van der Waals surface area contributed by atoms with Gasteiger partial charge in [-0.25, -0.2) is 4.98 Å². The van der Waals surface area contributed by atoms with Crippen LogP contribution >= 0.6 is 0 Å². The average Bonchev–Trinajstić information content (AvgIpc) is 2.94. The zero-order valence-electron chi connectivity index (χ0n) is 10.6. The summed E-state index contributed by atoms with van der Waals surface area (Å²) in [6, 6.07) is 13.1. The molecule has 20 heavy (non-hydrogen) atoms. The Morgan fingerprint density at radius 1 is 1.25 bits per heavy atom. The van der Waals surface area contributed by atoms with Crippen LogP contribution in [0.15, 0.2) is 47.2 Å². The highest BCUT2D eigenvalue weighted by Crippen LogP contribution is 2.21. The number of benzene rings is 2. The summed E-state index contributed by atoms with van der Waals surface area (Å²) >= 11 is 0. The molecule has 3 rings (SSSR count). The highest BCUT2D eigenvalue weighted by atomic mass is 16.3. The fraction of sp³-hybridized carbons (Fsp3) is 0.0667. The van der Waals surface area contributed by atoms with Crippen molar-refractivity contribution in [1.82, 2.24) is 4.98 Å². The largest absolute Gasteiger partial charge is 0.443 e. The molecular formula is C15H12N4O. The molecule has 3 N–H and O–H groups in total. The van der Waals surface area contributed by atoms with E-state index in [1.54, 1.807) is 18.2 Å². The Balaban J connectivity index is 1.80. The monoisotopic (exact) mass is 264 g/mol. The van der Waals surface area contributed by atoms with Gasteiger partial charge in [0.15, 0.2) is 12.0 Å². The molecule has 0 aliphatic carbocycles. The lowest BCUT2D eigenvalue weighted by molar-refractivity contribution is 0.602. The van der Waals surface area contributed by atoms with E-state index in [-0.39, 0.29) is 0 Å². The number of nitrogens with one attached hydrogen (secondary N) is 1. The molecule has 0 aliphatic heterocycles. The number of hydrogen-bond donors (Lipinski definition) is 2. The third-order valence-electron chi connectivity index (χ3n) is 3.06. The number of nitriles is 1. The van der Waals surface area contributed by atoms with Crippen molar-refractivity contribution in [3.05, 3.63) is 53.9 Å². The van der Waals surface area contributed by atoms with E-state index in [1.807, 2.05) is 18.2 Å². The summed E-state index contributed by atoms with van der Waals surface area (Å²) in [7, 11) is 0. The maximum Gasteiger partial charge on any atom is 0.181 e. The first-order valence-corrected chi connectivity index (χ1v) is 6.12. The van der Waals surface area contributed by atoms with Crippen molar-refractivity contribution < 1.29 is 4.42 Å². The molecule has 0 saturated carbocycles. The Kier molecular flexibility index (Phi) is 2.98. The summed E-state index contributed by atoms with van der Waals surface area (Å²) in [5, 5.41) is 12.1. The van der Waals surface area contributed by atoms with Gasteiger partial charge in [-0.3, -0.25) is 0 Å². The van der Waals surface area contributed by atoms with Gasteiger partial charge >= 0.3 is 0 Å². The SMILES string of the molecule is N#Cc1ccc(N)c(NCc2ccc3ncoc3c2)c1. The first-order chi connectivity index (χ1) is 9.76. The molecule has 0 aliphatic rings. The minimum Gasteiger partial charge on any atom is -0.443 e. The number of rotatable bonds is 3. The lowest BCUT2D eigenvalue weighted by Crippen LogP contribution is -2.02. The van der Waals surface area contributed by atoms with E-state index in [2.05, 4.69) is 16.4 Å². The fourth-order valence-corrected chi connectivity index (χ4v) is 1.99. The molecule has 0 spiro atoms. The third kappa shape index (κ3) is 2.27. The number of hydrogen-bond acceptors (Lipinski definition) is 5. The van der Waals surface area contributed by atoms with Crippen molar-refractivity contribution in [3.63, 3.8) is 0 Å². The molecular weight excluding hydrogens is 252 g/mol. The summed E-state index contributed by atoms with van der Waals surface area (Å²) in [4.78, 5) is 4.07. The second-order valence-corrected chi connectivity index (χ2v) is 4.42. The number of nitrogens with two attached hydrogens (primary N) is 1. The fourth-order valence-electron chi connectivity index (χ4n) is 1.99. The van der Waals surface area contributed by atoms with E-state index in [1.165, 1.54) is 6.39 Å². The van der Waals surface area contributed by atoms with E-state index in [0.29, 0.717) is 17.8 Å². The maximum absolute atomic E-state index is 8.89.